The first kappa shape index (κ1) is 8.07. The number of nitrogens with two attached hydrogens (primary N) is 1. The molecule has 0 radical (unpaired) electrons. The van der Waals surface area contributed by atoms with E-state index < -0.39 is 0 Å². The third-order valence-corrected chi connectivity index (χ3v) is 1.45. The zero-order valence-corrected chi connectivity index (χ0v) is 6.56. The lowest BCUT2D eigenvalue weighted by Crippen LogP contribution is -2.15. The molecule has 0 fully saturated rings. The summed E-state index contributed by atoms with van der Waals surface area (Å²) < 4.78 is 0. The largest absolute Gasteiger partial charge is 0.369 e. The lowest BCUT2D eigenvalue weighted by Gasteiger charge is -1.95. The van der Waals surface area contributed by atoms with Gasteiger partial charge in [0.25, 0.3) is 5.56 Å². The quantitative estimate of drug-likeness (QED) is 0.625. The first-order valence-corrected chi connectivity index (χ1v) is 3.67. The van der Waals surface area contributed by atoms with E-state index >= 15 is 0 Å². The molecule has 1 aromatic heterocycles. The van der Waals surface area contributed by atoms with Crippen LogP contribution in [0.25, 0.3) is 0 Å². The Hall–Kier alpha value is -1.03. The maximum Gasteiger partial charge on any atom is 0.255 e. The molecule has 0 bridgehead atoms. The maximum atomic E-state index is 11.0. The first-order valence-electron chi connectivity index (χ1n) is 3.13. The highest BCUT2D eigenvalue weighted by atomic mass is 35.5. The van der Waals surface area contributed by atoms with Gasteiger partial charge in [-0.25, -0.2) is 4.98 Å². The van der Waals surface area contributed by atoms with Crippen molar-refractivity contribution in [2.75, 3.05) is 11.6 Å². The summed E-state index contributed by atoms with van der Waals surface area (Å²) in [6.45, 7) is 0. The number of aromatic amines is 1. The number of H-pyrrole nitrogens is 1. The minimum Gasteiger partial charge on any atom is -0.369 e. The number of alkyl halides is 1. The van der Waals surface area contributed by atoms with Crippen LogP contribution in [0, 0.1) is 0 Å². The van der Waals surface area contributed by atoms with Crippen LogP contribution >= 0.6 is 11.6 Å². The van der Waals surface area contributed by atoms with Crippen molar-refractivity contribution < 1.29 is 0 Å². The predicted octanol–water partition coefficient (Wildman–Crippen LogP) is 0.133. The molecule has 0 saturated carbocycles. The Kier molecular flexibility index (Phi) is 2.48. The van der Waals surface area contributed by atoms with Gasteiger partial charge in [0, 0.05) is 17.6 Å². The molecule has 0 saturated heterocycles. The molecule has 0 atom stereocenters. The highest BCUT2D eigenvalue weighted by Crippen LogP contribution is 1.92. The van der Waals surface area contributed by atoms with Gasteiger partial charge in [-0.05, 0) is 6.42 Å². The number of nitrogens with zero attached hydrogens (tertiary/aromatic N) is 1. The maximum absolute atomic E-state index is 11.0. The molecule has 1 aromatic rings. The van der Waals surface area contributed by atoms with Crippen molar-refractivity contribution in [3.05, 3.63) is 22.1 Å². The van der Waals surface area contributed by atoms with E-state index in [1.165, 1.54) is 6.20 Å². The summed E-state index contributed by atoms with van der Waals surface area (Å²) >= 11 is 5.44. The second kappa shape index (κ2) is 3.39. The summed E-state index contributed by atoms with van der Waals surface area (Å²) in [6.07, 6.45) is 1.96. The minimum absolute atomic E-state index is 0.133. The van der Waals surface area contributed by atoms with E-state index in [1.54, 1.807) is 0 Å². The molecule has 3 N–H and O–H groups in total. The molecule has 0 aliphatic rings. The fourth-order valence-corrected chi connectivity index (χ4v) is 0.918. The third-order valence-electron chi connectivity index (χ3n) is 1.26. The fraction of sp³-hybridized carbons (Fsp3) is 0.333. The van der Waals surface area contributed by atoms with Gasteiger partial charge in [-0.3, -0.25) is 9.78 Å². The third kappa shape index (κ3) is 1.94. The molecular formula is C6H8ClN3O. The molecule has 1 rings (SSSR count). The molecule has 1 heterocycles. The molecule has 0 aliphatic carbocycles. The lowest BCUT2D eigenvalue weighted by atomic mass is 10.3. The molecule has 0 spiro atoms. The van der Waals surface area contributed by atoms with Crippen LogP contribution in [-0.4, -0.2) is 15.8 Å². The zero-order chi connectivity index (χ0) is 8.27. The van der Waals surface area contributed by atoms with Crippen molar-refractivity contribution in [2.45, 2.75) is 6.42 Å². The number of hydrogen-bond donors (Lipinski definition) is 2. The van der Waals surface area contributed by atoms with E-state index in [0.717, 1.165) is 0 Å². The number of hydrogen-bond acceptors (Lipinski definition) is 3. The number of nitrogens with one attached hydrogen (secondary N) is 1. The number of aryl methyl sites for hydroxylation is 1. The van der Waals surface area contributed by atoms with Crippen LogP contribution in [0.2, 0.25) is 0 Å². The molecule has 0 unspecified atom stereocenters. The Morgan fingerprint density at radius 2 is 2.45 bits per heavy atom. The van der Waals surface area contributed by atoms with Crippen LogP contribution < -0.4 is 11.3 Å². The van der Waals surface area contributed by atoms with Crippen molar-refractivity contribution in [1.82, 2.24) is 9.97 Å². The second-order valence-electron chi connectivity index (χ2n) is 2.06. The van der Waals surface area contributed by atoms with Gasteiger partial charge in [0.15, 0.2) is 5.95 Å². The average Bonchev–Trinajstić information content (AvgIpc) is 1.95. The van der Waals surface area contributed by atoms with Crippen LogP contribution in [-0.2, 0) is 6.42 Å². The number of nitrogen functional groups attached to an aromatic ring is 1. The summed E-state index contributed by atoms with van der Waals surface area (Å²) in [5, 5.41) is 0. The molecule has 4 nitrogen and oxygen atoms in total. The summed E-state index contributed by atoms with van der Waals surface area (Å²) in [5.41, 5.74) is 5.58. The molecule has 0 aromatic carbocycles. The van der Waals surface area contributed by atoms with Gasteiger partial charge >= 0.3 is 0 Å². The van der Waals surface area contributed by atoms with E-state index in [-0.39, 0.29) is 11.5 Å². The van der Waals surface area contributed by atoms with Crippen molar-refractivity contribution in [1.29, 1.82) is 0 Å². The van der Waals surface area contributed by atoms with Crippen LogP contribution in [0.5, 0.6) is 0 Å². The van der Waals surface area contributed by atoms with Crippen molar-refractivity contribution in [2.24, 2.45) is 0 Å². The van der Waals surface area contributed by atoms with Crippen LogP contribution in [0.15, 0.2) is 11.0 Å². The Labute approximate surface area is 68.4 Å². The Balaban J connectivity index is 3.00. The molecule has 0 aliphatic heterocycles. The Bertz CT molecular complexity index is 296. The summed E-state index contributed by atoms with van der Waals surface area (Å²) in [6, 6.07) is 0. The van der Waals surface area contributed by atoms with E-state index in [2.05, 4.69) is 9.97 Å². The first-order chi connectivity index (χ1) is 5.24. The van der Waals surface area contributed by atoms with Gasteiger partial charge in [-0.2, -0.15) is 0 Å². The normalized spacial score (nSPS) is 9.91. The standard InChI is InChI=1S/C6H8ClN3O/c7-2-1-4-3-9-6(8)10-5(4)11/h3H,1-2H2,(H3,8,9,10,11). The monoisotopic (exact) mass is 173 g/mol. The van der Waals surface area contributed by atoms with Crippen LogP contribution in [0.3, 0.4) is 0 Å². The van der Waals surface area contributed by atoms with E-state index in [9.17, 15) is 4.79 Å². The average molecular weight is 174 g/mol. The number of aromatic nitrogens is 2. The topological polar surface area (TPSA) is 71.8 Å². The van der Waals surface area contributed by atoms with E-state index in [1.807, 2.05) is 0 Å². The predicted molar refractivity (Wildman–Crippen MR) is 43.7 cm³/mol. The van der Waals surface area contributed by atoms with Crippen molar-refractivity contribution in [3.8, 4) is 0 Å². The summed E-state index contributed by atoms with van der Waals surface area (Å²) in [4.78, 5) is 17.1. The Morgan fingerprint density at radius 3 is 3.00 bits per heavy atom. The Morgan fingerprint density at radius 1 is 1.73 bits per heavy atom. The van der Waals surface area contributed by atoms with Crippen LogP contribution in [0.1, 0.15) is 5.56 Å². The van der Waals surface area contributed by atoms with Gasteiger partial charge in [0.2, 0.25) is 0 Å². The van der Waals surface area contributed by atoms with Gasteiger partial charge in [-0.1, -0.05) is 0 Å². The molecule has 5 heteroatoms. The van der Waals surface area contributed by atoms with Gasteiger partial charge in [0.05, 0.1) is 0 Å². The van der Waals surface area contributed by atoms with E-state index in [0.29, 0.717) is 17.9 Å². The minimum atomic E-state index is -0.210. The molecular weight excluding hydrogens is 166 g/mol. The fourth-order valence-electron chi connectivity index (χ4n) is 0.715. The van der Waals surface area contributed by atoms with Crippen LogP contribution in [0.4, 0.5) is 5.95 Å². The lowest BCUT2D eigenvalue weighted by molar-refractivity contribution is 1.02. The number of rotatable bonds is 2. The van der Waals surface area contributed by atoms with Crippen molar-refractivity contribution >= 4 is 17.5 Å². The van der Waals surface area contributed by atoms with Gasteiger partial charge in [0.1, 0.15) is 0 Å². The number of anilines is 1. The zero-order valence-electron chi connectivity index (χ0n) is 5.80. The smallest absolute Gasteiger partial charge is 0.255 e. The van der Waals surface area contributed by atoms with Crippen molar-refractivity contribution in [3.63, 3.8) is 0 Å². The highest BCUT2D eigenvalue weighted by molar-refractivity contribution is 6.17. The molecule has 0 amide bonds. The SMILES string of the molecule is Nc1ncc(CCCl)c(=O)[nH]1. The molecule has 60 valence electrons. The summed E-state index contributed by atoms with van der Waals surface area (Å²) in [5.74, 6) is 0.544. The highest BCUT2D eigenvalue weighted by Gasteiger charge is 1.98. The van der Waals surface area contributed by atoms with Gasteiger partial charge < -0.3 is 5.73 Å². The molecule has 11 heavy (non-hydrogen) atoms. The number of halogens is 1. The second-order valence-corrected chi connectivity index (χ2v) is 2.44. The van der Waals surface area contributed by atoms with Gasteiger partial charge in [-0.15, -0.1) is 11.6 Å². The summed E-state index contributed by atoms with van der Waals surface area (Å²) in [7, 11) is 0. The van der Waals surface area contributed by atoms with E-state index in [4.69, 9.17) is 17.3 Å².